The lowest BCUT2D eigenvalue weighted by atomic mass is 9.82. The summed E-state index contributed by atoms with van der Waals surface area (Å²) in [6, 6.07) is 22.6. The Morgan fingerprint density at radius 2 is 1.74 bits per heavy atom. The van der Waals surface area contributed by atoms with E-state index in [0.717, 1.165) is 53.5 Å². The van der Waals surface area contributed by atoms with Crippen LogP contribution in [0.1, 0.15) is 58.8 Å². The number of ketones is 1. The first-order valence-electron chi connectivity index (χ1n) is 13.2. The summed E-state index contributed by atoms with van der Waals surface area (Å²) in [6.07, 6.45) is 2.28. The van der Waals surface area contributed by atoms with Crippen LogP contribution in [0.4, 0.5) is 0 Å². The number of likely N-dealkylation sites (tertiary alicyclic amines) is 1. The van der Waals surface area contributed by atoms with Gasteiger partial charge in [-0.2, -0.15) is 5.10 Å². The van der Waals surface area contributed by atoms with Crippen molar-refractivity contribution in [1.82, 2.24) is 20.0 Å². The summed E-state index contributed by atoms with van der Waals surface area (Å²) in [5.41, 5.74) is 5.91. The molecule has 2 atom stereocenters. The number of benzene rings is 3. The Morgan fingerprint density at radius 1 is 1.00 bits per heavy atom. The van der Waals surface area contributed by atoms with Gasteiger partial charge in [0, 0.05) is 48.4 Å². The van der Waals surface area contributed by atoms with E-state index in [1.165, 1.54) is 16.7 Å². The molecule has 4 aromatic rings. The molecular weight excluding hydrogens is 540 g/mol. The number of Topliss-reactive ketones (excluding diaryl/α,β-unsaturated/α-hetero) is 1. The highest BCUT2D eigenvalue weighted by Crippen LogP contribution is 2.47. The van der Waals surface area contributed by atoms with Crippen LogP contribution < -0.4 is 5.32 Å². The summed E-state index contributed by atoms with van der Waals surface area (Å²) in [6.45, 7) is 4.15. The standard InChI is InChI=1S/C31H31BrN4O2/c1-19(37)27-17-35(16-20-6-4-3-5-7-20)18-28(27)25-15-29-26(14-24(25)21-8-9-21)30(31(38)33-2)36(34-29)23-12-10-22(32)11-13-23/h3-7,10-15,21,27-28H,8-9,16-18H2,1-2H3,(H,33,38)/t27-,28-/m1/s1. The third kappa shape index (κ3) is 4.69. The second kappa shape index (κ2) is 10.1. The molecule has 194 valence electrons. The summed E-state index contributed by atoms with van der Waals surface area (Å²) in [4.78, 5) is 28.4. The number of amides is 1. The number of nitrogens with one attached hydrogen (secondary N) is 1. The predicted molar refractivity (Wildman–Crippen MR) is 153 cm³/mol. The summed E-state index contributed by atoms with van der Waals surface area (Å²) in [5, 5.41) is 8.60. The van der Waals surface area contributed by atoms with Crippen LogP contribution >= 0.6 is 15.9 Å². The second-order valence-electron chi connectivity index (χ2n) is 10.6. The first-order valence-corrected chi connectivity index (χ1v) is 14.0. The first-order chi connectivity index (χ1) is 18.4. The fourth-order valence-corrected chi connectivity index (χ4v) is 6.19. The number of hydrogen-bond acceptors (Lipinski definition) is 4. The number of aromatic nitrogens is 2. The molecule has 0 spiro atoms. The first kappa shape index (κ1) is 25.0. The van der Waals surface area contributed by atoms with Crippen molar-refractivity contribution < 1.29 is 9.59 Å². The normalized spacial score (nSPS) is 19.7. The van der Waals surface area contributed by atoms with Crippen molar-refractivity contribution in [2.45, 2.75) is 38.1 Å². The fraction of sp³-hybridized carbons (Fsp3) is 0.323. The average Bonchev–Trinajstić information content (AvgIpc) is 3.58. The maximum atomic E-state index is 13.1. The molecule has 1 N–H and O–H groups in total. The van der Waals surface area contributed by atoms with Gasteiger partial charge in [0.05, 0.1) is 11.2 Å². The van der Waals surface area contributed by atoms with Crippen molar-refractivity contribution in [1.29, 1.82) is 0 Å². The average molecular weight is 572 g/mol. The molecule has 38 heavy (non-hydrogen) atoms. The van der Waals surface area contributed by atoms with E-state index in [2.05, 4.69) is 62.5 Å². The molecule has 7 heteroatoms. The van der Waals surface area contributed by atoms with Gasteiger partial charge in [0.15, 0.2) is 0 Å². The minimum Gasteiger partial charge on any atom is -0.354 e. The number of nitrogens with zero attached hydrogens (tertiary/aromatic N) is 3. The van der Waals surface area contributed by atoms with Gasteiger partial charge in [-0.1, -0.05) is 46.3 Å². The molecule has 6 nitrogen and oxygen atoms in total. The van der Waals surface area contributed by atoms with Gasteiger partial charge in [0.1, 0.15) is 11.5 Å². The van der Waals surface area contributed by atoms with Crippen molar-refractivity contribution >= 4 is 38.5 Å². The van der Waals surface area contributed by atoms with E-state index in [1.54, 1.807) is 18.7 Å². The summed E-state index contributed by atoms with van der Waals surface area (Å²) in [7, 11) is 1.65. The monoisotopic (exact) mass is 570 g/mol. The SMILES string of the molecule is CNC(=O)c1c2cc(C3CC3)c([C@H]3CN(Cc4ccccc4)C[C@@H]3C(C)=O)cc2nn1-c1ccc(Br)cc1. The maximum absolute atomic E-state index is 13.1. The van der Waals surface area contributed by atoms with E-state index in [4.69, 9.17) is 5.10 Å². The molecule has 3 aromatic carbocycles. The highest BCUT2D eigenvalue weighted by atomic mass is 79.9. The number of halogens is 1. The van der Waals surface area contributed by atoms with Gasteiger partial charge in [-0.15, -0.1) is 0 Å². The number of hydrogen-bond donors (Lipinski definition) is 1. The number of carbonyl (C=O) groups excluding carboxylic acids is 2. The van der Waals surface area contributed by atoms with Crippen LogP contribution in [-0.4, -0.2) is 46.5 Å². The Hall–Kier alpha value is -3.29. The quantitative estimate of drug-likeness (QED) is 0.303. The van der Waals surface area contributed by atoms with Gasteiger partial charge in [-0.3, -0.25) is 14.5 Å². The summed E-state index contributed by atoms with van der Waals surface area (Å²) < 4.78 is 2.71. The van der Waals surface area contributed by atoms with Crippen LogP contribution in [0.15, 0.2) is 71.2 Å². The van der Waals surface area contributed by atoms with Crippen LogP contribution in [0.25, 0.3) is 16.6 Å². The van der Waals surface area contributed by atoms with Crippen molar-refractivity contribution in [2.24, 2.45) is 5.92 Å². The Labute approximate surface area is 231 Å². The van der Waals surface area contributed by atoms with Gasteiger partial charge in [0.2, 0.25) is 0 Å². The molecule has 0 bridgehead atoms. The van der Waals surface area contributed by atoms with Crippen molar-refractivity contribution in [3.8, 4) is 5.69 Å². The molecule has 1 aliphatic heterocycles. The van der Waals surface area contributed by atoms with Crippen LogP contribution in [0.3, 0.4) is 0 Å². The highest BCUT2D eigenvalue weighted by Gasteiger charge is 2.40. The summed E-state index contributed by atoms with van der Waals surface area (Å²) >= 11 is 3.50. The van der Waals surface area contributed by atoms with Crippen LogP contribution in [0.5, 0.6) is 0 Å². The van der Waals surface area contributed by atoms with E-state index in [-0.39, 0.29) is 23.5 Å². The maximum Gasteiger partial charge on any atom is 0.270 e. The lowest BCUT2D eigenvalue weighted by Crippen LogP contribution is -2.22. The fourth-order valence-electron chi connectivity index (χ4n) is 5.92. The summed E-state index contributed by atoms with van der Waals surface area (Å²) in [5.74, 6) is 0.595. The van der Waals surface area contributed by atoms with Gasteiger partial charge in [-0.25, -0.2) is 4.68 Å². The van der Waals surface area contributed by atoms with E-state index in [9.17, 15) is 9.59 Å². The molecule has 1 amide bonds. The Balaban J connectivity index is 1.46. The lowest BCUT2D eigenvalue weighted by molar-refractivity contribution is -0.120. The molecule has 1 aliphatic carbocycles. The predicted octanol–water partition coefficient (Wildman–Crippen LogP) is 5.83. The third-order valence-electron chi connectivity index (χ3n) is 7.97. The molecule has 0 unspecified atom stereocenters. The molecule has 2 heterocycles. The number of fused-ring (bicyclic) bond motifs is 1. The van der Waals surface area contributed by atoms with Gasteiger partial charge in [0.25, 0.3) is 5.91 Å². The zero-order valence-corrected chi connectivity index (χ0v) is 23.2. The van der Waals surface area contributed by atoms with Crippen molar-refractivity contribution in [2.75, 3.05) is 20.1 Å². The van der Waals surface area contributed by atoms with E-state index in [0.29, 0.717) is 11.6 Å². The zero-order valence-electron chi connectivity index (χ0n) is 21.7. The van der Waals surface area contributed by atoms with E-state index in [1.807, 2.05) is 30.3 Å². The van der Waals surface area contributed by atoms with Gasteiger partial charge >= 0.3 is 0 Å². The Bertz CT molecular complexity index is 1510. The zero-order chi connectivity index (χ0) is 26.4. The topological polar surface area (TPSA) is 67.2 Å². The molecule has 0 radical (unpaired) electrons. The van der Waals surface area contributed by atoms with Crippen molar-refractivity contribution in [3.63, 3.8) is 0 Å². The Morgan fingerprint density at radius 3 is 2.39 bits per heavy atom. The number of carbonyl (C=O) groups is 2. The third-order valence-corrected chi connectivity index (χ3v) is 8.50. The minimum atomic E-state index is -0.165. The Kier molecular flexibility index (Phi) is 6.66. The van der Waals surface area contributed by atoms with Gasteiger partial charge in [-0.05, 0) is 78.8 Å². The van der Waals surface area contributed by atoms with E-state index < -0.39 is 0 Å². The van der Waals surface area contributed by atoms with Gasteiger partial charge < -0.3 is 5.32 Å². The molecule has 2 fully saturated rings. The molecule has 2 aliphatic rings. The molecule has 6 rings (SSSR count). The minimum absolute atomic E-state index is 0.0550. The molecule has 1 saturated heterocycles. The lowest BCUT2D eigenvalue weighted by Gasteiger charge is -2.20. The smallest absolute Gasteiger partial charge is 0.270 e. The van der Waals surface area contributed by atoms with Crippen LogP contribution in [-0.2, 0) is 11.3 Å². The van der Waals surface area contributed by atoms with E-state index >= 15 is 0 Å². The molecule has 1 aromatic heterocycles. The molecular formula is C31H31BrN4O2. The molecule has 1 saturated carbocycles. The number of rotatable bonds is 7. The van der Waals surface area contributed by atoms with Crippen LogP contribution in [0.2, 0.25) is 0 Å². The highest BCUT2D eigenvalue weighted by molar-refractivity contribution is 9.10. The van der Waals surface area contributed by atoms with Crippen LogP contribution in [0, 0.1) is 5.92 Å². The largest absolute Gasteiger partial charge is 0.354 e. The van der Waals surface area contributed by atoms with Crippen molar-refractivity contribution in [3.05, 3.63) is 93.6 Å². The second-order valence-corrected chi connectivity index (χ2v) is 11.5.